The van der Waals surface area contributed by atoms with Crippen LogP contribution >= 0.6 is 23.2 Å². The van der Waals surface area contributed by atoms with Crippen molar-refractivity contribution >= 4 is 50.7 Å². The number of rotatable bonds is 13. The van der Waals surface area contributed by atoms with E-state index < -0.39 is 28.5 Å². The number of carbonyl (C=O) groups excluding carboxylic acids is 2. The van der Waals surface area contributed by atoms with Gasteiger partial charge in [0.25, 0.3) is 10.0 Å². The summed E-state index contributed by atoms with van der Waals surface area (Å²) in [5, 5.41) is 3.47. The maximum Gasteiger partial charge on any atom is 0.264 e. The number of carbonyl (C=O) groups is 2. The van der Waals surface area contributed by atoms with Gasteiger partial charge in [-0.25, -0.2) is 8.42 Å². The zero-order valence-corrected chi connectivity index (χ0v) is 27.6. The molecule has 0 aliphatic heterocycles. The monoisotopic (exact) mass is 667 g/mol. The Labute approximate surface area is 274 Å². The quantitative estimate of drug-likeness (QED) is 0.181. The van der Waals surface area contributed by atoms with Crippen LogP contribution < -0.4 is 14.4 Å². The predicted octanol–water partition coefficient (Wildman–Crippen LogP) is 6.28. The number of aryl methyl sites for hydroxylation is 1. The van der Waals surface area contributed by atoms with Gasteiger partial charge in [0.15, 0.2) is 0 Å². The third-order valence-electron chi connectivity index (χ3n) is 7.17. The molecule has 0 saturated carbocycles. The Bertz CT molecular complexity index is 1740. The molecule has 11 heteroatoms. The number of sulfonamides is 1. The number of nitrogens with zero attached hydrogens (tertiary/aromatic N) is 2. The minimum absolute atomic E-state index is 0.00181. The lowest BCUT2D eigenvalue weighted by molar-refractivity contribution is -0.140. The largest absolute Gasteiger partial charge is 0.495 e. The van der Waals surface area contributed by atoms with Gasteiger partial charge in [-0.1, -0.05) is 83.9 Å². The van der Waals surface area contributed by atoms with Gasteiger partial charge in [0.2, 0.25) is 11.8 Å². The lowest BCUT2D eigenvalue weighted by Gasteiger charge is -2.34. The van der Waals surface area contributed by atoms with E-state index in [1.165, 1.54) is 24.1 Å². The van der Waals surface area contributed by atoms with E-state index in [0.717, 1.165) is 15.4 Å². The van der Waals surface area contributed by atoms with Crippen LogP contribution in [0.5, 0.6) is 5.75 Å². The van der Waals surface area contributed by atoms with Crippen molar-refractivity contribution in [1.29, 1.82) is 0 Å². The fourth-order valence-corrected chi connectivity index (χ4v) is 6.67. The van der Waals surface area contributed by atoms with Crippen LogP contribution in [0.4, 0.5) is 5.69 Å². The Morgan fingerprint density at radius 1 is 0.867 bits per heavy atom. The number of amides is 2. The number of halogens is 2. The summed E-state index contributed by atoms with van der Waals surface area (Å²) >= 11 is 12.5. The van der Waals surface area contributed by atoms with E-state index in [1.54, 1.807) is 61.5 Å². The lowest BCUT2D eigenvalue weighted by Crippen LogP contribution is -2.53. The second-order valence-electron chi connectivity index (χ2n) is 10.4. The zero-order valence-electron chi connectivity index (χ0n) is 25.2. The average Bonchev–Trinajstić information content (AvgIpc) is 3.04. The molecule has 0 aliphatic rings. The van der Waals surface area contributed by atoms with Gasteiger partial charge in [0.05, 0.1) is 27.7 Å². The Morgan fingerprint density at radius 2 is 1.53 bits per heavy atom. The molecule has 8 nitrogen and oxygen atoms in total. The molecular formula is C34H35Cl2N3O5S. The Morgan fingerprint density at radius 3 is 2.16 bits per heavy atom. The van der Waals surface area contributed by atoms with Crippen molar-refractivity contribution in [2.24, 2.45) is 0 Å². The second kappa shape index (κ2) is 15.3. The molecule has 4 rings (SSSR count). The van der Waals surface area contributed by atoms with Gasteiger partial charge in [-0.15, -0.1) is 0 Å². The summed E-state index contributed by atoms with van der Waals surface area (Å²) in [6.07, 6.45) is 0.193. The van der Waals surface area contributed by atoms with Crippen molar-refractivity contribution in [3.63, 3.8) is 0 Å². The van der Waals surface area contributed by atoms with Crippen molar-refractivity contribution in [1.82, 2.24) is 10.2 Å². The van der Waals surface area contributed by atoms with E-state index in [9.17, 15) is 18.0 Å². The Hall–Kier alpha value is -4.05. The molecule has 45 heavy (non-hydrogen) atoms. The highest BCUT2D eigenvalue weighted by atomic mass is 35.5. The standard InChI is InChI=1S/C34H35Cl2N3O5S/c1-4-37-34(41)31(21-25-11-7-5-8-12-25)38(22-26-16-17-28(35)29(36)20-26)33(40)23-39(30-19-24(2)15-18-32(30)44-3)45(42,43)27-13-9-6-10-14-27/h5-20,31H,4,21-23H2,1-3H3,(H,37,41)/t31-/m1/s1. The molecule has 0 aromatic heterocycles. The van der Waals surface area contributed by atoms with E-state index in [4.69, 9.17) is 27.9 Å². The molecule has 4 aromatic carbocycles. The van der Waals surface area contributed by atoms with Crippen molar-refractivity contribution in [3.05, 3.63) is 124 Å². The second-order valence-corrected chi connectivity index (χ2v) is 13.0. The molecule has 0 radical (unpaired) electrons. The van der Waals surface area contributed by atoms with Gasteiger partial charge in [-0.05, 0) is 66.9 Å². The number of hydrogen-bond donors (Lipinski definition) is 1. The van der Waals surface area contributed by atoms with Crippen LogP contribution in [-0.2, 0) is 32.6 Å². The summed E-state index contributed by atoms with van der Waals surface area (Å²) in [5.74, 6) is -0.704. The first-order valence-corrected chi connectivity index (χ1v) is 16.5. The molecule has 0 bridgehead atoms. The topological polar surface area (TPSA) is 96.0 Å². The Balaban J connectivity index is 1.85. The summed E-state index contributed by atoms with van der Waals surface area (Å²) in [7, 11) is -2.83. The molecule has 0 heterocycles. The van der Waals surface area contributed by atoms with E-state index >= 15 is 0 Å². The van der Waals surface area contributed by atoms with Crippen molar-refractivity contribution < 1.29 is 22.7 Å². The average molecular weight is 669 g/mol. The fraction of sp³-hybridized carbons (Fsp3) is 0.235. The van der Waals surface area contributed by atoms with E-state index in [-0.39, 0.29) is 40.2 Å². The number of ether oxygens (including phenoxy) is 1. The van der Waals surface area contributed by atoms with Gasteiger partial charge in [0, 0.05) is 19.5 Å². The summed E-state index contributed by atoms with van der Waals surface area (Å²) in [6.45, 7) is 3.31. The first-order chi connectivity index (χ1) is 21.5. The summed E-state index contributed by atoms with van der Waals surface area (Å²) < 4.78 is 35.0. The van der Waals surface area contributed by atoms with Crippen molar-refractivity contribution in [2.45, 2.75) is 37.8 Å². The van der Waals surface area contributed by atoms with Crippen LogP contribution in [0.2, 0.25) is 10.0 Å². The smallest absolute Gasteiger partial charge is 0.264 e. The van der Waals surface area contributed by atoms with Crippen LogP contribution in [0.25, 0.3) is 0 Å². The third-order valence-corrected chi connectivity index (χ3v) is 9.69. The van der Waals surface area contributed by atoms with Gasteiger partial charge in [-0.2, -0.15) is 0 Å². The highest BCUT2D eigenvalue weighted by Gasteiger charge is 2.35. The van der Waals surface area contributed by atoms with Crippen molar-refractivity contribution in [2.75, 3.05) is 24.5 Å². The molecule has 236 valence electrons. The SMILES string of the molecule is CCNC(=O)[C@@H](Cc1ccccc1)N(Cc1ccc(Cl)c(Cl)c1)C(=O)CN(c1cc(C)ccc1OC)S(=O)(=O)c1ccccc1. The first-order valence-electron chi connectivity index (χ1n) is 14.3. The molecule has 0 fully saturated rings. The van der Waals surface area contributed by atoms with E-state index in [2.05, 4.69) is 5.32 Å². The van der Waals surface area contributed by atoms with Gasteiger partial charge >= 0.3 is 0 Å². The van der Waals surface area contributed by atoms with Crippen molar-refractivity contribution in [3.8, 4) is 5.75 Å². The summed E-state index contributed by atoms with van der Waals surface area (Å²) in [5.41, 5.74) is 2.41. The lowest BCUT2D eigenvalue weighted by atomic mass is 10.0. The molecular weight excluding hydrogens is 633 g/mol. The van der Waals surface area contributed by atoms with E-state index in [1.807, 2.05) is 37.3 Å². The van der Waals surface area contributed by atoms with Crippen LogP contribution in [-0.4, -0.2) is 51.4 Å². The molecule has 0 aliphatic carbocycles. The van der Waals surface area contributed by atoms with Crippen LogP contribution in [0.15, 0.2) is 102 Å². The molecule has 1 atom stereocenters. The Kier molecular flexibility index (Phi) is 11.5. The van der Waals surface area contributed by atoms with Crippen LogP contribution in [0.3, 0.4) is 0 Å². The van der Waals surface area contributed by atoms with Crippen LogP contribution in [0.1, 0.15) is 23.6 Å². The highest BCUT2D eigenvalue weighted by Crippen LogP contribution is 2.34. The molecule has 0 unspecified atom stereocenters. The number of nitrogens with one attached hydrogen (secondary N) is 1. The number of anilines is 1. The first kappa shape index (κ1) is 33.8. The van der Waals surface area contributed by atoms with E-state index in [0.29, 0.717) is 17.1 Å². The van der Waals surface area contributed by atoms with Crippen LogP contribution in [0, 0.1) is 6.92 Å². The number of likely N-dealkylation sites (N-methyl/N-ethyl adjacent to an activating group) is 1. The normalized spacial score (nSPS) is 11.8. The van der Waals surface area contributed by atoms with Gasteiger partial charge < -0.3 is 15.0 Å². The van der Waals surface area contributed by atoms with Gasteiger partial charge in [-0.3, -0.25) is 13.9 Å². The number of benzene rings is 4. The molecule has 4 aromatic rings. The fourth-order valence-electron chi connectivity index (χ4n) is 4.91. The third kappa shape index (κ3) is 8.36. The highest BCUT2D eigenvalue weighted by molar-refractivity contribution is 7.92. The molecule has 0 spiro atoms. The van der Waals surface area contributed by atoms with Gasteiger partial charge in [0.1, 0.15) is 18.3 Å². The molecule has 1 N–H and O–H groups in total. The summed E-state index contributed by atoms with van der Waals surface area (Å²) in [6, 6.07) is 26.3. The summed E-state index contributed by atoms with van der Waals surface area (Å²) in [4.78, 5) is 29.5. The maximum atomic E-state index is 14.5. The molecule has 0 saturated heterocycles. The minimum atomic E-state index is -4.27. The zero-order chi connectivity index (χ0) is 32.6. The molecule has 2 amide bonds. The predicted molar refractivity (Wildman–Crippen MR) is 178 cm³/mol. The minimum Gasteiger partial charge on any atom is -0.495 e. The maximum absolute atomic E-state index is 14.5. The number of hydrogen-bond acceptors (Lipinski definition) is 5. The number of methoxy groups -OCH3 is 1.